The lowest BCUT2D eigenvalue weighted by atomic mass is 9.80. The number of rotatable bonds is 9. The number of aryl methyl sites for hydroxylation is 3. The van der Waals surface area contributed by atoms with Gasteiger partial charge in [-0.1, -0.05) is 36.4 Å². The Morgan fingerprint density at radius 1 is 0.471 bits per heavy atom. The number of nitrogens with two attached hydrogens (primary N) is 3. The zero-order valence-electron chi connectivity index (χ0n) is 55.8. The van der Waals surface area contributed by atoms with Crippen molar-refractivity contribution in [3.05, 3.63) is 176 Å². The third kappa shape index (κ3) is 12.2. The average Bonchev–Trinajstić information content (AvgIpc) is 1.59. The molecule has 0 amide bonds. The van der Waals surface area contributed by atoms with Crippen molar-refractivity contribution in [3.63, 3.8) is 0 Å². The van der Waals surface area contributed by atoms with Gasteiger partial charge in [-0.2, -0.15) is 0 Å². The van der Waals surface area contributed by atoms with Gasteiger partial charge in [0, 0.05) is 87.9 Å². The number of aliphatic hydroxyl groups excluding tert-OH is 6. The maximum atomic E-state index is 11.2. The van der Waals surface area contributed by atoms with Crippen molar-refractivity contribution in [1.82, 2.24) is 69.2 Å². The highest BCUT2D eigenvalue weighted by Gasteiger charge is 2.60. The fourth-order valence-electron chi connectivity index (χ4n) is 16.4. The van der Waals surface area contributed by atoms with E-state index in [0.717, 1.165) is 115 Å². The molecule has 9 aromatic heterocycles. The van der Waals surface area contributed by atoms with Crippen LogP contribution in [0.2, 0.25) is 0 Å². The van der Waals surface area contributed by atoms with Crippen LogP contribution >= 0.6 is 47.8 Å². The smallest absolute Gasteiger partial charge is 0.164 e. The molecular weight excluding hydrogens is 1500 g/mol. The van der Waals surface area contributed by atoms with Crippen LogP contribution in [0.15, 0.2) is 142 Å². The molecule has 5 aliphatic heterocycles. The number of nitrogens with one attached hydrogen (secondary N) is 2. The van der Waals surface area contributed by atoms with Crippen LogP contribution in [-0.4, -0.2) is 175 Å². The van der Waals surface area contributed by atoms with Gasteiger partial charge in [-0.05, 0) is 178 Å². The number of hydrogen-bond donors (Lipinski definition) is 11. The van der Waals surface area contributed by atoms with E-state index in [1.165, 1.54) is 18.2 Å². The van der Waals surface area contributed by atoms with Crippen LogP contribution in [-0.2, 0) is 33.5 Å². The fourth-order valence-corrected chi connectivity index (χ4v) is 17.5. The number of aliphatic hydroxyl groups is 6. The number of fused-ring (bicyclic) bond motifs is 6. The standard InChI is InChI=1S/C25H27BrN6O2.C24H25BrN6O3.C24H24BrN5O4/c1-13-17-4-5-32(24(17)30-12-29-13)20-10-25(22(34)21(20)33)9-16(28-11-25)6-14-2-3-15-8-18(26)23(27)31-19(15)7-14;1-12-16-4-5-31(22(16)29-11-28-12)23-19(32)20(33)24(34-23)9-15(27-10-24)6-13-2-3-14-8-17(25)21(26)30-18(14)7-13;1-12-16-4-5-30(22(16)28-11-27-12)23-19(31)20(32)24(34-23)9-15(33-10-24)6-13-2-3-14-8-17(25)21(26)29-18(14)7-13/h2-5,7-8,12,16,20-22,28,33-34H,6,9-11H2,1H3,(H2,27,31);2-5,7-8,11,15,19-20,23,27,32-33H,6,9-10H2,1H3,(H2,26,30);2-5,7-8,11,15,19-20,23,31-32H,6,9-10H2,1H3,(H2,26,29). The zero-order chi connectivity index (χ0) is 70.8. The molecule has 14 N–H and O–H groups in total. The lowest BCUT2D eigenvalue weighted by molar-refractivity contribution is -0.103. The first-order valence-corrected chi connectivity index (χ1v) is 36.3. The number of hydrogen-bond acceptors (Lipinski definition) is 23. The van der Waals surface area contributed by atoms with Crippen LogP contribution < -0.4 is 27.8 Å². The van der Waals surface area contributed by atoms with Gasteiger partial charge in [-0.3, -0.25) is 0 Å². The van der Waals surface area contributed by atoms with E-state index in [1.54, 1.807) is 15.5 Å². The van der Waals surface area contributed by atoms with Gasteiger partial charge in [0.15, 0.2) is 12.5 Å². The Morgan fingerprint density at radius 2 is 0.892 bits per heavy atom. The van der Waals surface area contributed by atoms with E-state index in [1.807, 2.05) is 111 Å². The highest BCUT2D eigenvalue weighted by Crippen LogP contribution is 2.52. The molecule has 15 atom stereocenters. The molecule has 102 heavy (non-hydrogen) atoms. The molecule has 18 rings (SSSR count). The summed E-state index contributed by atoms with van der Waals surface area (Å²) >= 11 is 10.3. The summed E-state index contributed by atoms with van der Waals surface area (Å²) in [4.78, 5) is 39.3. The third-order valence-corrected chi connectivity index (χ3v) is 23.7. The van der Waals surface area contributed by atoms with Crippen molar-refractivity contribution >= 4 is 131 Å². The Bertz CT molecular complexity index is 4740. The molecule has 3 spiro atoms. The Labute approximate surface area is 609 Å². The monoisotopic (exact) mass is 1570 g/mol. The maximum absolute atomic E-state index is 11.2. The Balaban J connectivity index is 0.000000118. The lowest BCUT2D eigenvalue weighted by Gasteiger charge is -2.27. The summed E-state index contributed by atoms with van der Waals surface area (Å²) in [5.41, 5.74) is 26.2. The normalized spacial score (nSPS) is 29.1. The van der Waals surface area contributed by atoms with E-state index in [9.17, 15) is 30.6 Å². The van der Waals surface area contributed by atoms with E-state index in [2.05, 4.69) is 128 Å². The highest BCUT2D eigenvalue weighted by atomic mass is 79.9. The molecule has 12 aromatic rings. The number of nitrogens with zero attached hydrogens (tertiary/aromatic N) is 12. The Morgan fingerprint density at radius 3 is 1.38 bits per heavy atom. The summed E-state index contributed by atoms with van der Waals surface area (Å²) in [6.45, 7) is 7.10. The van der Waals surface area contributed by atoms with Crippen LogP contribution in [0.4, 0.5) is 17.5 Å². The molecule has 0 bridgehead atoms. The SMILES string of the molecule is Cc1ncnc2c1ccn2C1CC2(CNC(Cc3ccc4cc(Br)c(N)nc4c3)C2)C(O)C1O.Cc1ncnc2c1ccn2C1OC2(CNC(Cc3ccc4cc(Br)c(N)nc4c3)C2)C(O)C1O.Cc1ncnc2c1ccn2C1OC2(COC(Cc3ccc4cc(Br)c(N)nc4c3)C2)C(O)C1O. The summed E-state index contributed by atoms with van der Waals surface area (Å²) in [6.07, 6.45) is 7.25. The van der Waals surface area contributed by atoms with E-state index in [-0.39, 0.29) is 36.3 Å². The topological polar surface area (TPSA) is 382 Å². The molecule has 14 heterocycles. The van der Waals surface area contributed by atoms with Gasteiger partial charge in [0.2, 0.25) is 0 Å². The molecule has 6 aliphatic rings. The predicted octanol–water partition coefficient (Wildman–Crippen LogP) is 7.77. The molecule has 1 saturated carbocycles. The van der Waals surface area contributed by atoms with E-state index in [4.69, 9.17) is 31.4 Å². The van der Waals surface area contributed by atoms with Crippen LogP contribution in [0.5, 0.6) is 0 Å². The minimum atomic E-state index is -1.11. The number of benzene rings is 3. The first-order valence-electron chi connectivity index (χ1n) is 33.9. The van der Waals surface area contributed by atoms with Crippen molar-refractivity contribution in [3.8, 4) is 0 Å². The number of pyridine rings is 3. The third-order valence-electron chi connectivity index (χ3n) is 21.8. The van der Waals surface area contributed by atoms with Gasteiger partial charge in [-0.25, -0.2) is 44.9 Å². The summed E-state index contributed by atoms with van der Waals surface area (Å²) in [6, 6.07) is 30.2. The van der Waals surface area contributed by atoms with Crippen molar-refractivity contribution in [2.24, 2.45) is 5.41 Å². The van der Waals surface area contributed by atoms with E-state index in [0.29, 0.717) is 67.5 Å². The van der Waals surface area contributed by atoms with Gasteiger partial charge in [0.1, 0.15) is 95.1 Å². The number of halogens is 3. The molecule has 3 aromatic carbocycles. The zero-order valence-corrected chi connectivity index (χ0v) is 60.5. The van der Waals surface area contributed by atoms with Crippen LogP contribution in [0.25, 0.3) is 65.8 Å². The summed E-state index contributed by atoms with van der Waals surface area (Å²) in [5, 5.41) is 79.0. The largest absolute Gasteiger partial charge is 0.390 e. The minimum Gasteiger partial charge on any atom is -0.390 e. The van der Waals surface area contributed by atoms with Crippen molar-refractivity contribution < 1.29 is 44.8 Å². The molecule has 15 unspecified atom stereocenters. The summed E-state index contributed by atoms with van der Waals surface area (Å²) < 4.78 is 26.7. The Hall–Kier alpha value is -7.85. The van der Waals surface area contributed by atoms with Crippen molar-refractivity contribution in [2.75, 3.05) is 36.9 Å². The Kier molecular flexibility index (Phi) is 17.9. The molecule has 6 fully saturated rings. The van der Waals surface area contributed by atoms with Crippen molar-refractivity contribution in [2.45, 2.75) is 150 Å². The molecule has 0 radical (unpaired) electrons. The number of ether oxygens (including phenoxy) is 3. The van der Waals surface area contributed by atoms with Gasteiger partial charge in [-0.15, -0.1) is 0 Å². The average molecular weight is 1580 g/mol. The van der Waals surface area contributed by atoms with E-state index < -0.39 is 60.3 Å². The molecule has 29 heteroatoms. The second-order valence-corrected chi connectivity index (χ2v) is 30.9. The van der Waals surface area contributed by atoms with Crippen LogP contribution in [0.1, 0.15) is 78.0 Å². The molecule has 5 saturated heterocycles. The predicted molar refractivity (Wildman–Crippen MR) is 394 cm³/mol. The highest BCUT2D eigenvalue weighted by molar-refractivity contribution is 9.11. The second-order valence-electron chi connectivity index (χ2n) is 28.3. The minimum absolute atomic E-state index is 0.0804. The molecular formula is C73H76Br3N17O9. The van der Waals surface area contributed by atoms with E-state index >= 15 is 0 Å². The first-order chi connectivity index (χ1) is 49.0. The second kappa shape index (κ2) is 26.7. The van der Waals surface area contributed by atoms with Gasteiger partial charge < -0.3 is 86.4 Å². The number of anilines is 3. The van der Waals surface area contributed by atoms with Gasteiger partial charge in [0.05, 0.1) is 71.9 Å². The molecule has 1 aliphatic carbocycles. The van der Waals surface area contributed by atoms with Gasteiger partial charge >= 0.3 is 0 Å². The summed E-state index contributed by atoms with van der Waals surface area (Å²) in [7, 11) is 0. The summed E-state index contributed by atoms with van der Waals surface area (Å²) in [5.74, 6) is 1.39. The number of nitrogen functional groups attached to an aromatic ring is 3. The van der Waals surface area contributed by atoms with Crippen LogP contribution in [0.3, 0.4) is 0 Å². The molecule has 528 valence electrons. The maximum Gasteiger partial charge on any atom is 0.164 e. The first kappa shape index (κ1) is 68.6. The fraction of sp³-hybridized carbons (Fsp3) is 0.384. The molecule has 26 nitrogen and oxygen atoms in total. The quantitative estimate of drug-likeness (QED) is 0.0657. The van der Waals surface area contributed by atoms with Crippen molar-refractivity contribution in [1.29, 1.82) is 0 Å². The van der Waals surface area contributed by atoms with Crippen LogP contribution in [0, 0.1) is 26.2 Å². The van der Waals surface area contributed by atoms with Gasteiger partial charge in [0.25, 0.3) is 0 Å². The lowest BCUT2D eigenvalue weighted by Crippen LogP contribution is -2.44. The number of aromatic nitrogens is 12.